The molecule has 2 aromatic carbocycles. The Labute approximate surface area is 154 Å². The number of ether oxygens (including phenoxy) is 2. The summed E-state index contributed by atoms with van der Waals surface area (Å²) in [6.45, 7) is 8.89. The van der Waals surface area contributed by atoms with E-state index < -0.39 is 0 Å². The monoisotopic (exact) mass is 355 g/mol. The van der Waals surface area contributed by atoms with Gasteiger partial charge in [0, 0.05) is 6.42 Å². The molecule has 0 saturated carbocycles. The van der Waals surface area contributed by atoms with Gasteiger partial charge in [0.05, 0.1) is 5.54 Å². The van der Waals surface area contributed by atoms with Crippen molar-refractivity contribution in [2.24, 2.45) is 4.99 Å². The Kier molecular flexibility index (Phi) is 5.30. The summed E-state index contributed by atoms with van der Waals surface area (Å²) >= 11 is 0. The van der Waals surface area contributed by atoms with Crippen molar-refractivity contribution in [2.75, 3.05) is 6.61 Å². The van der Waals surface area contributed by atoms with Crippen molar-refractivity contribution >= 4 is 5.90 Å². The highest BCUT2D eigenvalue weighted by molar-refractivity contribution is 5.83. The third-order valence-corrected chi connectivity index (χ3v) is 4.40. The first-order valence-electron chi connectivity index (χ1n) is 9.06. The average Bonchev–Trinajstić information content (AvgIpc) is 2.95. The van der Waals surface area contributed by atoms with Crippen LogP contribution < -0.4 is 4.74 Å². The Morgan fingerprint density at radius 3 is 2.46 bits per heavy atom. The van der Waals surface area contributed by atoms with Gasteiger partial charge < -0.3 is 9.47 Å². The number of hydrogen-bond acceptors (Lipinski definition) is 3. The van der Waals surface area contributed by atoms with Crippen molar-refractivity contribution in [1.29, 1.82) is 0 Å². The van der Waals surface area contributed by atoms with E-state index in [0.29, 0.717) is 24.8 Å². The minimum absolute atomic E-state index is 0.253. The molecular weight excluding hydrogens is 329 g/mol. The van der Waals surface area contributed by atoms with E-state index in [4.69, 9.17) is 9.47 Å². The second-order valence-corrected chi connectivity index (χ2v) is 7.72. The van der Waals surface area contributed by atoms with Crippen LogP contribution in [0.4, 0.5) is 4.39 Å². The molecule has 1 aliphatic rings. The second kappa shape index (κ2) is 7.48. The highest BCUT2D eigenvalue weighted by atomic mass is 19.1. The zero-order chi connectivity index (χ0) is 18.7. The van der Waals surface area contributed by atoms with E-state index >= 15 is 0 Å². The van der Waals surface area contributed by atoms with Crippen molar-refractivity contribution in [1.82, 2.24) is 0 Å². The fraction of sp³-hybridized carbons (Fsp3) is 0.409. The summed E-state index contributed by atoms with van der Waals surface area (Å²) in [5.41, 5.74) is 1.85. The lowest BCUT2D eigenvalue weighted by atomic mass is 10.0. The molecule has 0 aliphatic carbocycles. The third kappa shape index (κ3) is 4.63. The molecule has 2 aromatic rings. The molecule has 1 heterocycles. The summed E-state index contributed by atoms with van der Waals surface area (Å²) in [6.07, 6.45) is 0.113. The maximum absolute atomic E-state index is 13.6. The van der Waals surface area contributed by atoms with Gasteiger partial charge in [0.2, 0.25) is 5.90 Å². The van der Waals surface area contributed by atoms with Crippen molar-refractivity contribution in [3.63, 3.8) is 0 Å². The fourth-order valence-electron chi connectivity index (χ4n) is 2.93. The van der Waals surface area contributed by atoms with Crippen LogP contribution in [0.3, 0.4) is 0 Å². The molecule has 0 fully saturated rings. The molecule has 1 atom stereocenters. The molecule has 4 heteroatoms. The van der Waals surface area contributed by atoms with Crippen LogP contribution in [-0.4, -0.2) is 24.1 Å². The van der Waals surface area contributed by atoms with E-state index in [-0.39, 0.29) is 17.5 Å². The third-order valence-electron chi connectivity index (χ3n) is 4.40. The van der Waals surface area contributed by atoms with Crippen molar-refractivity contribution in [3.8, 4) is 5.75 Å². The molecule has 0 saturated heterocycles. The topological polar surface area (TPSA) is 30.8 Å². The minimum atomic E-state index is -0.386. The predicted molar refractivity (Wildman–Crippen MR) is 103 cm³/mol. The molecule has 0 bridgehead atoms. The van der Waals surface area contributed by atoms with Crippen LogP contribution in [0.1, 0.15) is 44.7 Å². The summed E-state index contributed by atoms with van der Waals surface area (Å²) in [6, 6.07) is 14.6. The van der Waals surface area contributed by atoms with Gasteiger partial charge in [0.25, 0.3) is 0 Å². The molecule has 0 aromatic heterocycles. The summed E-state index contributed by atoms with van der Waals surface area (Å²) in [7, 11) is 0. The van der Waals surface area contributed by atoms with E-state index in [2.05, 4.69) is 31.0 Å². The normalized spacial score (nSPS) is 16.9. The molecular formula is C22H26FNO2. The number of nitrogens with zero attached hydrogens (tertiary/aromatic N) is 1. The SMILES string of the molecule is CC(C)c1ccc(OC(Cc2cccc(F)c2)C2=NC(C)(C)CO2)cc1. The average molecular weight is 355 g/mol. The lowest BCUT2D eigenvalue weighted by Crippen LogP contribution is -2.30. The first kappa shape index (κ1) is 18.4. The number of rotatable bonds is 6. The predicted octanol–water partition coefficient (Wildman–Crippen LogP) is 5.15. The first-order valence-corrected chi connectivity index (χ1v) is 9.06. The molecule has 1 unspecified atom stereocenters. The van der Waals surface area contributed by atoms with E-state index in [9.17, 15) is 4.39 Å². The van der Waals surface area contributed by atoms with Gasteiger partial charge in [-0.05, 0) is 55.2 Å². The quantitative estimate of drug-likeness (QED) is 0.718. The minimum Gasteiger partial charge on any atom is -0.480 e. The van der Waals surface area contributed by atoms with Gasteiger partial charge in [-0.25, -0.2) is 9.38 Å². The van der Waals surface area contributed by atoms with Crippen LogP contribution in [0.2, 0.25) is 0 Å². The van der Waals surface area contributed by atoms with Gasteiger partial charge in [0.1, 0.15) is 18.2 Å². The Hall–Kier alpha value is -2.36. The molecule has 0 amide bonds. The highest BCUT2D eigenvalue weighted by Gasteiger charge is 2.32. The van der Waals surface area contributed by atoms with E-state index in [1.165, 1.54) is 17.7 Å². The molecule has 3 nitrogen and oxygen atoms in total. The molecule has 3 rings (SSSR count). The van der Waals surface area contributed by atoms with Crippen molar-refractivity contribution in [3.05, 3.63) is 65.5 Å². The largest absolute Gasteiger partial charge is 0.480 e. The van der Waals surface area contributed by atoms with Crippen molar-refractivity contribution in [2.45, 2.75) is 51.7 Å². The summed E-state index contributed by atoms with van der Waals surface area (Å²) in [5, 5.41) is 0. The molecule has 138 valence electrons. The van der Waals surface area contributed by atoms with Crippen LogP contribution in [0.15, 0.2) is 53.5 Å². The van der Waals surface area contributed by atoms with Crippen molar-refractivity contribution < 1.29 is 13.9 Å². The smallest absolute Gasteiger partial charge is 0.226 e. The number of halogens is 1. The fourth-order valence-corrected chi connectivity index (χ4v) is 2.93. The van der Waals surface area contributed by atoms with Gasteiger partial charge in [-0.15, -0.1) is 0 Å². The van der Waals surface area contributed by atoms with Crippen LogP contribution in [0, 0.1) is 5.82 Å². The van der Waals surface area contributed by atoms with Crippen LogP contribution >= 0.6 is 0 Å². The Bertz CT molecular complexity index is 781. The standard InChI is InChI=1S/C22H26FNO2/c1-15(2)17-8-10-19(11-9-17)26-20(21-24-22(3,4)14-25-21)13-16-6-5-7-18(23)12-16/h5-12,15,20H,13-14H2,1-4H3. The molecule has 0 spiro atoms. The van der Waals surface area contributed by atoms with Crippen LogP contribution in [-0.2, 0) is 11.2 Å². The molecule has 0 N–H and O–H groups in total. The first-order chi connectivity index (χ1) is 12.3. The summed E-state index contributed by atoms with van der Waals surface area (Å²) in [5.74, 6) is 1.55. The Balaban J connectivity index is 1.83. The lowest BCUT2D eigenvalue weighted by molar-refractivity contribution is 0.207. The Morgan fingerprint density at radius 2 is 1.88 bits per heavy atom. The highest BCUT2D eigenvalue weighted by Crippen LogP contribution is 2.24. The van der Waals surface area contributed by atoms with Gasteiger partial charge >= 0.3 is 0 Å². The van der Waals surface area contributed by atoms with Gasteiger partial charge in [-0.2, -0.15) is 0 Å². The number of benzene rings is 2. The second-order valence-electron chi connectivity index (χ2n) is 7.72. The van der Waals surface area contributed by atoms with E-state index in [1.807, 2.05) is 32.0 Å². The molecule has 0 radical (unpaired) electrons. The van der Waals surface area contributed by atoms with Crippen LogP contribution in [0.5, 0.6) is 5.75 Å². The summed E-state index contributed by atoms with van der Waals surface area (Å²) in [4.78, 5) is 4.66. The number of hydrogen-bond donors (Lipinski definition) is 0. The lowest BCUT2D eigenvalue weighted by Gasteiger charge is -2.19. The Morgan fingerprint density at radius 1 is 1.15 bits per heavy atom. The van der Waals surface area contributed by atoms with Gasteiger partial charge in [0.15, 0.2) is 6.10 Å². The molecule has 26 heavy (non-hydrogen) atoms. The van der Waals surface area contributed by atoms with E-state index in [1.54, 1.807) is 6.07 Å². The van der Waals surface area contributed by atoms with E-state index in [0.717, 1.165) is 11.3 Å². The summed E-state index contributed by atoms with van der Waals surface area (Å²) < 4.78 is 25.6. The number of aliphatic imine (C=N–C) groups is 1. The maximum atomic E-state index is 13.6. The van der Waals surface area contributed by atoms with Gasteiger partial charge in [-0.1, -0.05) is 38.1 Å². The van der Waals surface area contributed by atoms with Crippen LogP contribution in [0.25, 0.3) is 0 Å². The maximum Gasteiger partial charge on any atom is 0.226 e. The molecule has 1 aliphatic heterocycles. The zero-order valence-electron chi connectivity index (χ0n) is 15.8. The van der Waals surface area contributed by atoms with Gasteiger partial charge in [-0.3, -0.25) is 0 Å². The zero-order valence-corrected chi connectivity index (χ0v) is 15.8.